The lowest BCUT2D eigenvalue weighted by atomic mass is 10.1. The Labute approximate surface area is 189 Å². The fourth-order valence-electron chi connectivity index (χ4n) is 4.82. The van der Waals surface area contributed by atoms with E-state index in [-0.39, 0.29) is 12.6 Å². The maximum Gasteiger partial charge on any atom is 0.224 e. The van der Waals surface area contributed by atoms with Crippen LogP contribution < -0.4 is 10.6 Å². The number of aliphatic hydroxyl groups is 1. The number of anilines is 2. The second-order valence-corrected chi connectivity index (χ2v) is 9.61. The number of aliphatic hydroxyl groups excluding tert-OH is 1. The average molecular weight is 436 g/mol. The minimum Gasteiger partial charge on any atom is -0.454 e. The van der Waals surface area contributed by atoms with Crippen molar-refractivity contribution in [3.8, 4) is 11.3 Å². The molecule has 2 saturated carbocycles. The first-order valence-electron chi connectivity index (χ1n) is 11.9. The zero-order valence-corrected chi connectivity index (χ0v) is 19.2. The van der Waals surface area contributed by atoms with Crippen LogP contribution in [0.4, 0.5) is 11.8 Å². The number of hydrogen-bond donors (Lipinski definition) is 3. The molecule has 3 aromatic heterocycles. The first-order chi connectivity index (χ1) is 15.5. The maximum atomic E-state index is 9.66. The minimum atomic E-state index is 0.239. The number of rotatable bonds is 8. The molecule has 3 atom stereocenters. The molecule has 2 aliphatic rings. The van der Waals surface area contributed by atoms with Crippen molar-refractivity contribution in [3.05, 3.63) is 29.7 Å². The number of nitrogens with zero attached hydrogens (tertiary/aromatic N) is 3. The predicted molar refractivity (Wildman–Crippen MR) is 127 cm³/mol. The molecule has 0 spiro atoms. The van der Waals surface area contributed by atoms with E-state index in [9.17, 15) is 5.11 Å². The first kappa shape index (κ1) is 21.2. The second-order valence-electron chi connectivity index (χ2n) is 9.61. The Morgan fingerprint density at radius 2 is 2.00 bits per heavy atom. The molecule has 3 N–H and O–H groups in total. The lowest BCUT2D eigenvalue weighted by Crippen LogP contribution is -2.24. The number of fused-ring (bicyclic) bond motifs is 1. The topological polar surface area (TPSA) is 96.1 Å². The van der Waals surface area contributed by atoms with Gasteiger partial charge in [-0.2, -0.15) is 4.98 Å². The molecule has 32 heavy (non-hydrogen) atoms. The Morgan fingerprint density at radius 3 is 2.72 bits per heavy atom. The first-order valence-corrected chi connectivity index (χ1v) is 11.9. The standard InChI is InChI=1S/C25H33N5O2/c1-4-19-9-18-10-21(32-22(18)12-26-19)23-15(3)28-25(27-11-16-5-6-16)30-24(23)29-20-8-17(13-31)7-14(20)2/h9-10,12,14,16-17,20,31H,4-8,11,13H2,1-3H3,(H2,27,28,29,30)/t14-,17-,20-/m1/s1. The van der Waals surface area contributed by atoms with Gasteiger partial charge in [0, 0.05) is 30.3 Å². The van der Waals surface area contributed by atoms with Crippen molar-refractivity contribution in [2.45, 2.75) is 58.9 Å². The zero-order chi connectivity index (χ0) is 22.2. The number of pyridine rings is 1. The van der Waals surface area contributed by atoms with E-state index in [0.717, 1.165) is 71.2 Å². The van der Waals surface area contributed by atoms with Crippen LogP contribution in [0.15, 0.2) is 22.7 Å². The molecule has 7 nitrogen and oxygen atoms in total. The molecule has 0 bridgehead atoms. The Kier molecular flexibility index (Phi) is 5.76. The summed E-state index contributed by atoms with van der Waals surface area (Å²) < 4.78 is 6.21. The maximum absolute atomic E-state index is 9.66. The number of hydrogen-bond acceptors (Lipinski definition) is 7. The van der Waals surface area contributed by atoms with E-state index in [0.29, 0.717) is 17.8 Å². The van der Waals surface area contributed by atoms with Gasteiger partial charge < -0.3 is 20.2 Å². The molecule has 0 radical (unpaired) electrons. The summed E-state index contributed by atoms with van der Waals surface area (Å²) >= 11 is 0. The third-order valence-corrected chi connectivity index (χ3v) is 6.96. The van der Waals surface area contributed by atoms with Gasteiger partial charge in [0.15, 0.2) is 5.58 Å². The molecule has 170 valence electrons. The molecule has 0 aliphatic heterocycles. The fraction of sp³-hybridized carbons (Fsp3) is 0.560. The van der Waals surface area contributed by atoms with Crippen LogP contribution in [0, 0.1) is 24.7 Å². The van der Waals surface area contributed by atoms with Crippen LogP contribution in [0.2, 0.25) is 0 Å². The summed E-state index contributed by atoms with van der Waals surface area (Å²) in [4.78, 5) is 14.1. The number of nitrogens with one attached hydrogen (secondary N) is 2. The Morgan fingerprint density at radius 1 is 1.16 bits per heavy atom. The highest BCUT2D eigenvalue weighted by Gasteiger charge is 2.32. The van der Waals surface area contributed by atoms with Crippen LogP contribution in [0.1, 0.15) is 50.9 Å². The second kappa shape index (κ2) is 8.70. The van der Waals surface area contributed by atoms with Crippen LogP contribution >= 0.6 is 0 Å². The summed E-state index contributed by atoms with van der Waals surface area (Å²) in [5, 5.41) is 17.8. The SMILES string of the molecule is CCc1cc2cc(-c3c(C)nc(NCC4CC4)nc3N[C@@H]3C[C@H](CO)C[C@H]3C)oc2cn1. The van der Waals surface area contributed by atoms with Gasteiger partial charge in [0.05, 0.1) is 17.5 Å². The summed E-state index contributed by atoms with van der Waals surface area (Å²) in [6.45, 7) is 7.52. The molecule has 5 rings (SSSR count). The van der Waals surface area contributed by atoms with Crippen molar-refractivity contribution in [1.29, 1.82) is 0 Å². The molecule has 0 unspecified atom stereocenters. The zero-order valence-electron chi connectivity index (χ0n) is 19.2. The van der Waals surface area contributed by atoms with Crippen molar-refractivity contribution in [3.63, 3.8) is 0 Å². The highest BCUT2D eigenvalue weighted by molar-refractivity contribution is 5.86. The van der Waals surface area contributed by atoms with Crippen molar-refractivity contribution < 1.29 is 9.52 Å². The summed E-state index contributed by atoms with van der Waals surface area (Å²) in [5.41, 5.74) is 3.60. The highest BCUT2D eigenvalue weighted by atomic mass is 16.3. The normalized spacial score (nSPS) is 23.1. The van der Waals surface area contributed by atoms with Gasteiger partial charge in [0.2, 0.25) is 5.95 Å². The highest BCUT2D eigenvalue weighted by Crippen LogP contribution is 2.38. The van der Waals surface area contributed by atoms with Gasteiger partial charge in [-0.15, -0.1) is 0 Å². The fourth-order valence-corrected chi connectivity index (χ4v) is 4.82. The van der Waals surface area contributed by atoms with Crippen LogP contribution in [-0.4, -0.2) is 39.3 Å². The molecule has 0 aromatic carbocycles. The third kappa shape index (κ3) is 4.31. The Balaban J connectivity index is 1.52. The van der Waals surface area contributed by atoms with Crippen molar-refractivity contribution in [1.82, 2.24) is 15.0 Å². The number of aryl methyl sites for hydroxylation is 2. The van der Waals surface area contributed by atoms with Crippen LogP contribution in [-0.2, 0) is 6.42 Å². The van der Waals surface area contributed by atoms with Gasteiger partial charge in [-0.3, -0.25) is 4.98 Å². The van der Waals surface area contributed by atoms with Gasteiger partial charge in [0.1, 0.15) is 11.6 Å². The summed E-state index contributed by atoms with van der Waals surface area (Å²) in [6, 6.07) is 4.41. The van der Waals surface area contributed by atoms with E-state index in [2.05, 4.69) is 41.6 Å². The molecule has 0 saturated heterocycles. The van der Waals surface area contributed by atoms with Gasteiger partial charge >= 0.3 is 0 Å². The minimum absolute atomic E-state index is 0.239. The van der Waals surface area contributed by atoms with E-state index in [4.69, 9.17) is 14.4 Å². The van der Waals surface area contributed by atoms with E-state index in [1.54, 1.807) is 6.20 Å². The van der Waals surface area contributed by atoms with Crippen molar-refractivity contribution in [2.24, 2.45) is 17.8 Å². The molecule has 0 amide bonds. The number of aromatic nitrogens is 3. The molecule has 2 fully saturated rings. The van der Waals surface area contributed by atoms with Gasteiger partial charge in [0.25, 0.3) is 0 Å². The summed E-state index contributed by atoms with van der Waals surface area (Å²) in [5.74, 6) is 3.76. The van der Waals surface area contributed by atoms with Crippen LogP contribution in [0.5, 0.6) is 0 Å². The summed E-state index contributed by atoms with van der Waals surface area (Å²) in [6.07, 6.45) is 7.22. The molecule has 2 aliphatic carbocycles. The van der Waals surface area contributed by atoms with E-state index in [1.165, 1.54) is 12.8 Å². The Bertz CT molecular complexity index is 1110. The quantitative estimate of drug-likeness (QED) is 0.468. The number of furan rings is 1. The Hall–Kier alpha value is -2.67. The van der Waals surface area contributed by atoms with Gasteiger partial charge in [-0.1, -0.05) is 13.8 Å². The lowest BCUT2D eigenvalue weighted by Gasteiger charge is -2.21. The molecule has 7 heteroatoms. The lowest BCUT2D eigenvalue weighted by molar-refractivity contribution is 0.226. The van der Waals surface area contributed by atoms with Crippen molar-refractivity contribution in [2.75, 3.05) is 23.8 Å². The van der Waals surface area contributed by atoms with Gasteiger partial charge in [-0.05, 0) is 68.9 Å². The molecular weight excluding hydrogens is 402 g/mol. The predicted octanol–water partition coefficient (Wildman–Crippen LogP) is 4.80. The summed E-state index contributed by atoms with van der Waals surface area (Å²) in [7, 11) is 0. The third-order valence-electron chi connectivity index (χ3n) is 6.96. The molecule has 3 aromatic rings. The van der Waals surface area contributed by atoms with E-state index >= 15 is 0 Å². The largest absolute Gasteiger partial charge is 0.454 e. The molecular formula is C25H33N5O2. The average Bonchev–Trinajstić information content (AvgIpc) is 3.42. The van der Waals surface area contributed by atoms with Crippen LogP contribution in [0.3, 0.4) is 0 Å². The van der Waals surface area contributed by atoms with E-state index < -0.39 is 0 Å². The van der Waals surface area contributed by atoms with Crippen molar-refractivity contribution >= 4 is 22.7 Å². The van der Waals surface area contributed by atoms with Crippen LogP contribution in [0.25, 0.3) is 22.3 Å². The monoisotopic (exact) mass is 435 g/mol. The smallest absolute Gasteiger partial charge is 0.224 e. The van der Waals surface area contributed by atoms with E-state index in [1.807, 2.05) is 6.92 Å². The van der Waals surface area contributed by atoms with Gasteiger partial charge in [-0.25, -0.2) is 4.98 Å². The molecule has 3 heterocycles.